The average Bonchev–Trinajstić information content (AvgIpc) is 3.65. The van der Waals surface area contributed by atoms with E-state index in [4.69, 9.17) is 21.6 Å². The van der Waals surface area contributed by atoms with Crippen molar-refractivity contribution < 1.29 is 8.78 Å². The molecule has 0 aliphatic rings. The molecule has 8 aromatic rings. The number of pyridine rings is 2. The zero-order valence-electron chi connectivity index (χ0n) is 22.3. The van der Waals surface area contributed by atoms with Gasteiger partial charge in [-0.3, -0.25) is 0 Å². The summed E-state index contributed by atoms with van der Waals surface area (Å²) in [4.78, 5) is 16.1. The number of rotatable bonds is 3. The molecule has 4 nitrogen and oxygen atoms in total. The summed E-state index contributed by atoms with van der Waals surface area (Å²) in [7, 11) is 0. The number of H-pyrrole nitrogens is 2. The molecule has 0 saturated heterocycles. The van der Waals surface area contributed by atoms with Crippen LogP contribution < -0.4 is 0 Å². The van der Waals surface area contributed by atoms with Gasteiger partial charge in [0.05, 0.1) is 33.0 Å². The maximum atomic E-state index is 14.3. The number of para-hydroxylation sites is 1. The van der Waals surface area contributed by atoms with Crippen LogP contribution in [0, 0.1) is 18.6 Å². The molecule has 4 aromatic carbocycles. The minimum atomic E-state index is -0.889. The highest BCUT2D eigenvalue weighted by Crippen LogP contribution is 2.37. The molecule has 0 spiro atoms. The monoisotopic (exact) mass is 570 g/mol. The topological polar surface area (TPSA) is 57.4 Å². The van der Waals surface area contributed by atoms with Gasteiger partial charge >= 0.3 is 0 Å². The van der Waals surface area contributed by atoms with E-state index in [0.717, 1.165) is 72.3 Å². The number of hydrogen-bond acceptors (Lipinski definition) is 2. The van der Waals surface area contributed by atoms with Crippen molar-refractivity contribution in [3.63, 3.8) is 0 Å². The molecule has 0 atom stereocenters. The number of nitrogens with one attached hydrogen (secondary N) is 2. The Labute approximate surface area is 243 Å². The Morgan fingerprint density at radius 3 is 2.19 bits per heavy atom. The van der Waals surface area contributed by atoms with E-state index in [2.05, 4.69) is 47.2 Å². The Kier molecular flexibility index (Phi) is 5.43. The zero-order chi connectivity index (χ0) is 28.5. The Balaban J connectivity index is 1.21. The van der Waals surface area contributed by atoms with Gasteiger partial charge in [0, 0.05) is 50.6 Å². The highest BCUT2D eigenvalue weighted by Gasteiger charge is 2.16. The second-order valence-electron chi connectivity index (χ2n) is 10.5. The van der Waals surface area contributed by atoms with Crippen LogP contribution in [0.4, 0.5) is 8.78 Å². The maximum absolute atomic E-state index is 14.3. The molecule has 0 amide bonds. The van der Waals surface area contributed by atoms with Crippen molar-refractivity contribution in [1.29, 1.82) is 0 Å². The standard InChI is InChI=1S/C35H21ClF2N4/c1-18-22(9-10-23-25(16-39-33(18)23)30-14-8-20-3-2-4-27(36)34(20)42-30)21-6-5-19-7-13-29(41-31(19)15-21)26-17-40-35-24(26)11-12-28(37)32(35)38/h2-17,39-40H,1H3. The van der Waals surface area contributed by atoms with Gasteiger partial charge in [-0.25, -0.2) is 18.7 Å². The van der Waals surface area contributed by atoms with Crippen LogP contribution in [-0.2, 0) is 0 Å². The van der Waals surface area contributed by atoms with Gasteiger partial charge in [-0.2, -0.15) is 0 Å². The molecule has 2 N–H and O–H groups in total. The number of aromatic amines is 2. The van der Waals surface area contributed by atoms with Gasteiger partial charge in [-0.05, 0) is 60.0 Å². The van der Waals surface area contributed by atoms with Gasteiger partial charge in [0.15, 0.2) is 11.6 Å². The lowest BCUT2D eigenvalue weighted by Gasteiger charge is -2.10. The van der Waals surface area contributed by atoms with E-state index in [1.165, 1.54) is 0 Å². The number of aryl methyl sites for hydroxylation is 1. The van der Waals surface area contributed by atoms with E-state index >= 15 is 0 Å². The van der Waals surface area contributed by atoms with E-state index in [1.54, 1.807) is 12.3 Å². The molecule has 42 heavy (non-hydrogen) atoms. The van der Waals surface area contributed by atoms with Crippen LogP contribution in [0.5, 0.6) is 0 Å². The Morgan fingerprint density at radius 1 is 0.667 bits per heavy atom. The van der Waals surface area contributed by atoms with Crippen molar-refractivity contribution in [3.05, 3.63) is 120 Å². The molecule has 0 unspecified atom stereocenters. The fourth-order valence-electron chi connectivity index (χ4n) is 5.91. The van der Waals surface area contributed by atoms with E-state index in [1.807, 2.05) is 48.7 Å². The molecular weight excluding hydrogens is 550 g/mol. The van der Waals surface area contributed by atoms with Gasteiger partial charge in [-0.15, -0.1) is 0 Å². The average molecular weight is 571 g/mol. The van der Waals surface area contributed by atoms with E-state index < -0.39 is 11.6 Å². The normalized spacial score (nSPS) is 11.8. The molecule has 8 rings (SSSR count). The summed E-state index contributed by atoms with van der Waals surface area (Å²) in [5.74, 6) is -1.77. The SMILES string of the molecule is Cc1c(-c2ccc3ccc(-c4c[nH]c5c(F)c(F)ccc45)nc3c2)ccc2c(-c3ccc4cccc(Cl)c4n3)c[nH]c12. The van der Waals surface area contributed by atoms with E-state index in [0.29, 0.717) is 16.1 Å². The molecule has 7 heteroatoms. The molecule has 0 radical (unpaired) electrons. The van der Waals surface area contributed by atoms with E-state index in [-0.39, 0.29) is 5.52 Å². The predicted octanol–water partition coefficient (Wildman–Crippen LogP) is 9.99. The summed E-state index contributed by atoms with van der Waals surface area (Å²) in [6.07, 6.45) is 3.67. The smallest absolute Gasteiger partial charge is 0.182 e. The van der Waals surface area contributed by atoms with Crippen molar-refractivity contribution in [1.82, 2.24) is 19.9 Å². The molecule has 0 bridgehead atoms. The second-order valence-corrected chi connectivity index (χ2v) is 10.9. The third-order valence-electron chi connectivity index (χ3n) is 8.09. The Bertz CT molecular complexity index is 2370. The lowest BCUT2D eigenvalue weighted by molar-refractivity contribution is 0.515. The lowest BCUT2D eigenvalue weighted by Crippen LogP contribution is -1.89. The first kappa shape index (κ1) is 24.7. The quantitative estimate of drug-likeness (QED) is 0.222. The van der Waals surface area contributed by atoms with Crippen LogP contribution in [0.1, 0.15) is 5.56 Å². The molecule has 0 aliphatic heterocycles. The first-order valence-electron chi connectivity index (χ1n) is 13.5. The number of aromatic nitrogens is 4. The summed E-state index contributed by atoms with van der Waals surface area (Å²) in [5.41, 5.74) is 9.28. The Morgan fingerprint density at radius 2 is 1.36 bits per heavy atom. The van der Waals surface area contributed by atoms with Crippen molar-refractivity contribution in [2.45, 2.75) is 6.92 Å². The number of halogens is 3. The summed E-state index contributed by atoms with van der Waals surface area (Å²) in [5, 5.41) is 4.29. The highest BCUT2D eigenvalue weighted by molar-refractivity contribution is 6.35. The zero-order valence-corrected chi connectivity index (χ0v) is 23.0. The van der Waals surface area contributed by atoms with Crippen LogP contribution in [0.15, 0.2) is 97.3 Å². The Hall–Kier alpha value is -5.07. The number of benzene rings is 4. The largest absolute Gasteiger partial charge is 0.360 e. The molecule has 0 saturated carbocycles. The number of fused-ring (bicyclic) bond motifs is 4. The third-order valence-corrected chi connectivity index (χ3v) is 8.39. The van der Waals surface area contributed by atoms with Gasteiger partial charge < -0.3 is 9.97 Å². The van der Waals surface area contributed by atoms with Gasteiger partial charge in [0.25, 0.3) is 0 Å². The fraction of sp³-hybridized carbons (Fsp3) is 0.0286. The summed E-state index contributed by atoms with van der Waals surface area (Å²) < 4.78 is 28.1. The molecule has 0 fully saturated rings. The molecular formula is C35H21ClF2N4. The van der Waals surface area contributed by atoms with Crippen molar-refractivity contribution in [2.24, 2.45) is 0 Å². The van der Waals surface area contributed by atoms with E-state index in [9.17, 15) is 8.78 Å². The van der Waals surface area contributed by atoms with Crippen LogP contribution in [0.25, 0.3) is 77.3 Å². The molecule has 0 aliphatic carbocycles. The van der Waals surface area contributed by atoms with Crippen LogP contribution in [0.2, 0.25) is 5.02 Å². The molecule has 4 aromatic heterocycles. The van der Waals surface area contributed by atoms with Gasteiger partial charge in [-0.1, -0.05) is 60.1 Å². The highest BCUT2D eigenvalue weighted by atomic mass is 35.5. The van der Waals surface area contributed by atoms with Crippen LogP contribution in [-0.4, -0.2) is 19.9 Å². The van der Waals surface area contributed by atoms with Gasteiger partial charge in [0.1, 0.15) is 0 Å². The van der Waals surface area contributed by atoms with Crippen LogP contribution in [0.3, 0.4) is 0 Å². The predicted molar refractivity (Wildman–Crippen MR) is 167 cm³/mol. The first-order valence-corrected chi connectivity index (χ1v) is 13.9. The fourth-order valence-corrected chi connectivity index (χ4v) is 6.14. The van der Waals surface area contributed by atoms with Crippen molar-refractivity contribution >= 4 is 55.2 Å². The van der Waals surface area contributed by atoms with Crippen molar-refractivity contribution in [3.8, 4) is 33.6 Å². The minimum absolute atomic E-state index is 0.136. The number of hydrogen-bond donors (Lipinski definition) is 2. The molecule has 202 valence electrons. The molecule has 4 heterocycles. The number of nitrogens with zero attached hydrogens (tertiary/aromatic N) is 2. The lowest BCUT2D eigenvalue weighted by atomic mass is 9.96. The maximum Gasteiger partial charge on any atom is 0.182 e. The summed E-state index contributed by atoms with van der Waals surface area (Å²) >= 11 is 6.43. The van der Waals surface area contributed by atoms with Crippen LogP contribution >= 0.6 is 11.6 Å². The first-order chi connectivity index (χ1) is 20.5. The minimum Gasteiger partial charge on any atom is -0.360 e. The third kappa shape index (κ3) is 3.72. The summed E-state index contributed by atoms with van der Waals surface area (Å²) in [6.45, 7) is 2.11. The summed E-state index contributed by atoms with van der Waals surface area (Å²) in [6, 6.07) is 26.9. The second kappa shape index (κ2) is 9.23. The van der Waals surface area contributed by atoms with Gasteiger partial charge in [0.2, 0.25) is 0 Å². The van der Waals surface area contributed by atoms with Crippen molar-refractivity contribution in [2.75, 3.05) is 0 Å².